The van der Waals surface area contributed by atoms with E-state index < -0.39 is 11.7 Å². The van der Waals surface area contributed by atoms with Crippen LogP contribution in [0.1, 0.15) is 11.1 Å². The van der Waals surface area contributed by atoms with E-state index >= 15 is 0 Å². The lowest BCUT2D eigenvalue weighted by atomic mass is 10.1. The molecule has 90 valence electrons. The Labute approximate surface area is 92.2 Å². The van der Waals surface area contributed by atoms with Crippen molar-refractivity contribution in [3.8, 4) is 0 Å². The van der Waals surface area contributed by atoms with Gasteiger partial charge in [-0.25, -0.2) is 0 Å². The molecular formula is C11H14F3NO. The van der Waals surface area contributed by atoms with E-state index in [0.717, 1.165) is 12.1 Å². The minimum Gasteiger partial charge on any atom is -0.380 e. The van der Waals surface area contributed by atoms with E-state index in [1.807, 2.05) is 0 Å². The van der Waals surface area contributed by atoms with Gasteiger partial charge in [-0.2, -0.15) is 13.2 Å². The van der Waals surface area contributed by atoms with Crippen LogP contribution in [-0.4, -0.2) is 19.8 Å². The fraction of sp³-hybridized carbons (Fsp3) is 0.455. The van der Waals surface area contributed by atoms with Crippen molar-refractivity contribution >= 4 is 0 Å². The molecule has 1 rings (SSSR count). The van der Waals surface area contributed by atoms with Crippen molar-refractivity contribution in [2.45, 2.75) is 12.6 Å². The molecule has 0 bridgehead atoms. The highest BCUT2D eigenvalue weighted by Gasteiger charge is 2.30. The zero-order valence-corrected chi connectivity index (χ0v) is 8.76. The summed E-state index contributed by atoms with van der Waals surface area (Å²) in [5.41, 5.74) is 5.21. The normalized spacial score (nSPS) is 11.8. The van der Waals surface area contributed by atoms with Gasteiger partial charge < -0.3 is 10.5 Å². The molecule has 0 saturated carbocycles. The van der Waals surface area contributed by atoms with Gasteiger partial charge in [-0.15, -0.1) is 0 Å². The second kappa shape index (κ2) is 5.86. The molecule has 5 heteroatoms. The number of ether oxygens (including phenoxy) is 1. The predicted molar refractivity (Wildman–Crippen MR) is 55.0 cm³/mol. The molecule has 0 radical (unpaired) electrons. The van der Waals surface area contributed by atoms with Crippen LogP contribution in [0, 0.1) is 0 Å². The smallest absolute Gasteiger partial charge is 0.380 e. The molecule has 0 atom stereocenters. The molecule has 0 aliphatic rings. The van der Waals surface area contributed by atoms with Gasteiger partial charge in [0.05, 0.1) is 18.8 Å². The van der Waals surface area contributed by atoms with Gasteiger partial charge in [0.2, 0.25) is 0 Å². The Hall–Kier alpha value is -1.07. The van der Waals surface area contributed by atoms with Crippen molar-refractivity contribution in [2.75, 3.05) is 19.8 Å². The molecule has 2 nitrogen and oxygen atoms in total. The lowest BCUT2D eigenvalue weighted by Gasteiger charge is -2.08. The molecule has 0 aliphatic heterocycles. The highest BCUT2D eigenvalue weighted by molar-refractivity contribution is 5.25. The summed E-state index contributed by atoms with van der Waals surface area (Å²) in [7, 11) is 0. The summed E-state index contributed by atoms with van der Waals surface area (Å²) >= 11 is 0. The minimum atomic E-state index is -4.28. The summed E-state index contributed by atoms with van der Waals surface area (Å²) in [5.74, 6) is 0. The number of benzene rings is 1. The van der Waals surface area contributed by atoms with Gasteiger partial charge >= 0.3 is 6.18 Å². The van der Waals surface area contributed by atoms with E-state index in [-0.39, 0.29) is 0 Å². The first-order valence-corrected chi connectivity index (χ1v) is 4.98. The van der Waals surface area contributed by atoms with Gasteiger partial charge in [0.1, 0.15) is 0 Å². The zero-order valence-electron chi connectivity index (χ0n) is 8.76. The first-order valence-electron chi connectivity index (χ1n) is 4.98. The Kier molecular flexibility index (Phi) is 4.76. The van der Waals surface area contributed by atoms with Crippen LogP contribution in [0.3, 0.4) is 0 Å². The van der Waals surface area contributed by atoms with E-state index in [4.69, 9.17) is 10.5 Å². The molecule has 1 aromatic carbocycles. The SMILES string of the molecule is NCCOCCc1cccc(C(F)(F)F)c1. The van der Waals surface area contributed by atoms with Gasteiger partial charge in [-0.1, -0.05) is 18.2 Å². The van der Waals surface area contributed by atoms with E-state index in [9.17, 15) is 13.2 Å². The molecule has 0 unspecified atom stereocenters. The van der Waals surface area contributed by atoms with E-state index in [1.165, 1.54) is 6.07 Å². The third-order valence-electron chi connectivity index (χ3n) is 2.05. The van der Waals surface area contributed by atoms with E-state index in [1.54, 1.807) is 6.07 Å². The third kappa shape index (κ3) is 4.20. The van der Waals surface area contributed by atoms with Crippen LogP contribution < -0.4 is 5.73 Å². The van der Waals surface area contributed by atoms with Crippen molar-refractivity contribution in [1.29, 1.82) is 0 Å². The summed E-state index contributed by atoms with van der Waals surface area (Å²) in [5, 5.41) is 0. The fourth-order valence-corrected chi connectivity index (χ4v) is 1.28. The van der Waals surface area contributed by atoms with Crippen molar-refractivity contribution < 1.29 is 17.9 Å². The summed E-state index contributed by atoms with van der Waals surface area (Å²) in [6, 6.07) is 5.26. The molecule has 16 heavy (non-hydrogen) atoms. The molecule has 1 aromatic rings. The standard InChI is InChI=1S/C11H14F3NO/c12-11(13,14)10-3-1-2-9(8-10)4-6-16-7-5-15/h1-3,8H,4-7,15H2. The lowest BCUT2D eigenvalue weighted by Crippen LogP contribution is -2.10. The fourth-order valence-electron chi connectivity index (χ4n) is 1.28. The van der Waals surface area contributed by atoms with Gasteiger partial charge in [-0.05, 0) is 18.1 Å². The molecule has 0 aliphatic carbocycles. The van der Waals surface area contributed by atoms with Crippen LogP contribution in [0.15, 0.2) is 24.3 Å². The van der Waals surface area contributed by atoms with E-state index in [2.05, 4.69) is 0 Å². The van der Waals surface area contributed by atoms with Crippen molar-refractivity contribution in [3.63, 3.8) is 0 Å². The first kappa shape index (κ1) is 13.0. The molecule has 0 amide bonds. The van der Waals surface area contributed by atoms with Crippen molar-refractivity contribution in [1.82, 2.24) is 0 Å². The van der Waals surface area contributed by atoms with Gasteiger partial charge in [0.25, 0.3) is 0 Å². The summed E-state index contributed by atoms with van der Waals surface area (Å²) in [4.78, 5) is 0. The van der Waals surface area contributed by atoms with Crippen LogP contribution in [0.5, 0.6) is 0 Å². The van der Waals surface area contributed by atoms with Crippen LogP contribution >= 0.6 is 0 Å². The van der Waals surface area contributed by atoms with Crippen LogP contribution in [-0.2, 0) is 17.3 Å². The Balaban J connectivity index is 2.54. The second-order valence-corrected chi connectivity index (χ2v) is 3.35. The molecule has 0 spiro atoms. The Morgan fingerprint density at radius 3 is 2.56 bits per heavy atom. The Bertz CT molecular complexity index is 325. The van der Waals surface area contributed by atoms with Crippen LogP contribution in [0.4, 0.5) is 13.2 Å². The molecule has 0 saturated heterocycles. The largest absolute Gasteiger partial charge is 0.416 e. The molecule has 2 N–H and O–H groups in total. The van der Waals surface area contributed by atoms with Gasteiger partial charge in [0, 0.05) is 6.54 Å². The number of alkyl halides is 3. The highest BCUT2D eigenvalue weighted by Crippen LogP contribution is 2.29. The maximum Gasteiger partial charge on any atom is 0.416 e. The molecular weight excluding hydrogens is 219 g/mol. The van der Waals surface area contributed by atoms with Crippen LogP contribution in [0.2, 0.25) is 0 Å². The van der Waals surface area contributed by atoms with Gasteiger partial charge in [0.15, 0.2) is 0 Å². The minimum absolute atomic E-state index is 0.387. The zero-order chi connectivity index (χ0) is 12.0. The summed E-state index contributed by atoms with van der Waals surface area (Å²) in [6.45, 7) is 1.24. The maximum absolute atomic E-state index is 12.4. The highest BCUT2D eigenvalue weighted by atomic mass is 19.4. The maximum atomic E-state index is 12.4. The Morgan fingerprint density at radius 2 is 1.94 bits per heavy atom. The summed E-state index contributed by atoms with van der Waals surface area (Å²) < 4.78 is 42.2. The quantitative estimate of drug-likeness (QED) is 0.791. The number of halogens is 3. The lowest BCUT2D eigenvalue weighted by molar-refractivity contribution is -0.137. The Morgan fingerprint density at radius 1 is 1.19 bits per heavy atom. The molecule has 0 heterocycles. The first-order chi connectivity index (χ1) is 7.54. The van der Waals surface area contributed by atoms with E-state index in [0.29, 0.717) is 31.7 Å². The topological polar surface area (TPSA) is 35.2 Å². The van der Waals surface area contributed by atoms with Crippen LogP contribution in [0.25, 0.3) is 0 Å². The second-order valence-electron chi connectivity index (χ2n) is 3.35. The summed E-state index contributed by atoms with van der Waals surface area (Å²) in [6.07, 6.45) is -3.82. The molecule has 0 fully saturated rings. The number of nitrogens with two attached hydrogens (primary N) is 1. The average molecular weight is 233 g/mol. The van der Waals surface area contributed by atoms with Gasteiger partial charge in [-0.3, -0.25) is 0 Å². The van der Waals surface area contributed by atoms with Crippen molar-refractivity contribution in [3.05, 3.63) is 35.4 Å². The van der Waals surface area contributed by atoms with Crippen molar-refractivity contribution in [2.24, 2.45) is 5.73 Å². The molecule has 0 aromatic heterocycles. The number of rotatable bonds is 5. The average Bonchev–Trinajstić information content (AvgIpc) is 2.24. The third-order valence-corrected chi connectivity index (χ3v) is 2.05. The number of hydrogen-bond donors (Lipinski definition) is 1. The number of hydrogen-bond acceptors (Lipinski definition) is 2. The predicted octanol–water partition coefficient (Wildman–Crippen LogP) is 2.22. The monoisotopic (exact) mass is 233 g/mol.